The molecule has 150 valence electrons. The van der Waals surface area contributed by atoms with Crippen molar-refractivity contribution in [1.29, 1.82) is 0 Å². The van der Waals surface area contributed by atoms with Crippen molar-refractivity contribution in [2.45, 2.75) is 26.2 Å². The summed E-state index contributed by atoms with van der Waals surface area (Å²) >= 11 is 5.87. The smallest absolute Gasteiger partial charge is 0.324 e. The van der Waals surface area contributed by atoms with Gasteiger partial charge in [0.1, 0.15) is 5.82 Å². The van der Waals surface area contributed by atoms with E-state index in [2.05, 4.69) is 15.7 Å². The van der Waals surface area contributed by atoms with E-state index in [1.54, 1.807) is 59.3 Å². The fourth-order valence-corrected chi connectivity index (χ4v) is 2.76. The van der Waals surface area contributed by atoms with Gasteiger partial charge in [0.2, 0.25) is 5.91 Å². The highest BCUT2D eigenvalue weighted by atomic mass is 35.5. The maximum atomic E-state index is 12.5. The number of urea groups is 1. The molecule has 0 atom stereocenters. The first-order valence-corrected chi connectivity index (χ1v) is 9.35. The van der Waals surface area contributed by atoms with Crippen molar-refractivity contribution in [2.24, 2.45) is 5.73 Å². The Labute approximate surface area is 173 Å². The summed E-state index contributed by atoms with van der Waals surface area (Å²) in [6.07, 6.45) is 0. The number of benzene rings is 2. The minimum Gasteiger partial charge on any atom is -0.366 e. The maximum absolute atomic E-state index is 12.5. The van der Waals surface area contributed by atoms with Crippen LogP contribution < -0.4 is 16.4 Å². The molecule has 7 nitrogen and oxygen atoms in total. The number of nitrogens with zero attached hydrogens (tertiary/aromatic N) is 2. The highest BCUT2D eigenvalue weighted by Crippen LogP contribution is 2.27. The van der Waals surface area contributed by atoms with Gasteiger partial charge in [0.05, 0.1) is 11.4 Å². The molecule has 0 radical (unpaired) electrons. The van der Waals surface area contributed by atoms with Crippen molar-refractivity contribution in [1.82, 2.24) is 9.78 Å². The standard InChI is InChI=1S/C21H22ClN5O2/c1-21(2,3)17-12-18(25-20(29)24-15-9-7-14(22)8-10-15)27(26-17)16-6-4-5-13(11-16)19(23)28/h4-12H,1-3H3,(H2,23,28)(H2,24,25,29). The van der Waals surface area contributed by atoms with E-state index in [-0.39, 0.29) is 5.41 Å². The first-order chi connectivity index (χ1) is 13.6. The third kappa shape index (κ3) is 4.94. The molecule has 1 aromatic heterocycles. The number of anilines is 2. The summed E-state index contributed by atoms with van der Waals surface area (Å²) in [6, 6.07) is 14.9. The van der Waals surface area contributed by atoms with E-state index in [1.165, 1.54) is 0 Å². The number of aromatic nitrogens is 2. The van der Waals surface area contributed by atoms with Gasteiger partial charge in [-0.2, -0.15) is 5.10 Å². The zero-order valence-electron chi connectivity index (χ0n) is 16.4. The topological polar surface area (TPSA) is 102 Å². The summed E-state index contributed by atoms with van der Waals surface area (Å²) in [5.74, 6) is -0.0759. The second-order valence-electron chi connectivity index (χ2n) is 7.58. The number of rotatable bonds is 4. The van der Waals surface area contributed by atoms with Gasteiger partial charge in [-0.15, -0.1) is 0 Å². The molecule has 4 N–H and O–H groups in total. The fraction of sp³-hybridized carbons (Fsp3) is 0.190. The second-order valence-corrected chi connectivity index (χ2v) is 8.01. The molecular weight excluding hydrogens is 390 g/mol. The minimum atomic E-state index is -0.537. The van der Waals surface area contributed by atoms with E-state index >= 15 is 0 Å². The lowest BCUT2D eigenvalue weighted by molar-refractivity contribution is 0.1000. The van der Waals surface area contributed by atoms with Gasteiger partial charge in [-0.3, -0.25) is 10.1 Å². The number of nitrogens with two attached hydrogens (primary N) is 1. The molecule has 0 aliphatic carbocycles. The third-order valence-electron chi connectivity index (χ3n) is 4.20. The van der Waals surface area contributed by atoms with Crippen LogP contribution in [0.4, 0.5) is 16.3 Å². The molecule has 0 saturated carbocycles. The molecule has 0 aliphatic heterocycles. The van der Waals surface area contributed by atoms with Crippen LogP contribution in [0.1, 0.15) is 36.8 Å². The van der Waals surface area contributed by atoms with E-state index in [4.69, 9.17) is 17.3 Å². The summed E-state index contributed by atoms with van der Waals surface area (Å²) in [7, 11) is 0. The molecule has 1 heterocycles. The Morgan fingerprint density at radius 3 is 2.34 bits per heavy atom. The van der Waals surface area contributed by atoms with Gasteiger partial charge in [-0.1, -0.05) is 38.4 Å². The summed E-state index contributed by atoms with van der Waals surface area (Å²) < 4.78 is 1.58. The monoisotopic (exact) mass is 411 g/mol. The first kappa shape index (κ1) is 20.4. The van der Waals surface area contributed by atoms with Gasteiger partial charge >= 0.3 is 6.03 Å². The summed E-state index contributed by atoms with van der Waals surface area (Å²) in [5.41, 5.74) is 7.50. The highest BCUT2D eigenvalue weighted by molar-refractivity contribution is 6.30. The molecule has 0 saturated heterocycles. The van der Waals surface area contributed by atoms with Crippen molar-refractivity contribution in [3.63, 3.8) is 0 Å². The van der Waals surface area contributed by atoms with Gasteiger partial charge in [0.15, 0.2) is 0 Å². The van der Waals surface area contributed by atoms with Gasteiger partial charge < -0.3 is 11.1 Å². The lowest BCUT2D eigenvalue weighted by Gasteiger charge is -2.14. The van der Waals surface area contributed by atoms with E-state index in [0.29, 0.717) is 27.8 Å². The number of nitrogens with one attached hydrogen (secondary N) is 2. The van der Waals surface area contributed by atoms with Gasteiger partial charge in [0.25, 0.3) is 0 Å². The largest absolute Gasteiger partial charge is 0.366 e. The molecule has 2 aromatic carbocycles. The van der Waals surface area contributed by atoms with Crippen LogP contribution in [0.25, 0.3) is 5.69 Å². The average Bonchev–Trinajstić information content (AvgIpc) is 3.08. The number of carbonyl (C=O) groups is 2. The predicted octanol–water partition coefficient (Wildman–Crippen LogP) is 4.57. The van der Waals surface area contributed by atoms with Crippen LogP contribution in [0.5, 0.6) is 0 Å². The quantitative estimate of drug-likeness (QED) is 0.586. The van der Waals surface area contributed by atoms with Crippen LogP contribution in [0.3, 0.4) is 0 Å². The average molecular weight is 412 g/mol. The summed E-state index contributed by atoms with van der Waals surface area (Å²) in [6.45, 7) is 6.07. The molecule has 8 heteroatoms. The zero-order chi connectivity index (χ0) is 21.2. The van der Waals surface area contributed by atoms with Crippen molar-refractivity contribution < 1.29 is 9.59 Å². The predicted molar refractivity (Wildman–Crippen MR) is 115 cm³/mol. The molecule has 3 aromatic rings. The summed E-state index contributed by atoms with van der Waals surface area (Å²) in [5, 5.41) is 10.8. The Hall–Kier alpha value is -3.32. The Morgan fingerprint density at radius 2 is 1.72 bits per heavy atom. The normalized spacial score (nSPS) is 11.2. The van der Waals surface area contributed by atoms with Crippen molar-refractivity contribution in [3.05, 3.63) is 70.9 Å². The Morgan fingerprint density at radius 1 is 1.03 bits per heavy atom. The van der Waals surface area contributed by atoms with E-state index < -0.39 is 11.9 Å². The first-order valence-electron chi connectivity index (χ1n) is 8.98. The van der Waals surface area contributed by atoms with Crippen molar-refractivity contribution >= 4 is 35.0 Å². The number of primary amides is 1. The molecule has 0 bridgehead atoms. The van der Waals surface area contributed by atoms with E-state index in [1.807, 2.05) is 20.8 Å². The molecule has 0 aliphatic rings. The molecular formula is C21H22ClN5O2. The number of halogens is 1. The lowest BCUT2D eigenvalue weighted by Crippen LogP contribution is -2.21. The number of hydrogen-bond acceptors (Lipinski definition) is 3. The van der Waals surface area contributed by atoms with Crippen LogP contribution in [0, 0.1) is 0 Å². The minimum absolute atomic E-state index is 0.240. The number of carbonyl (C=O) groups excluding carboxylic acids is 2. The van der Waals surface area contributed by atoms with Crippen LogP contribution in [0.15, 0.2) is 54.6 Å². The zero-order valence-corrected chi connectivity index (χ0v) is 17.1. The Kier molecular flexibility index (Phi) is 5.61. The van der Waals surface area contributed by atoms with Crippen LogP contribution >= 0.6 is 11.6 Å². The Balaban J connectivity index is 1.93. The number of amides is 3. The van der Waals surface area contributed by atoms with Crippen molar-refractivity contribution in [2.75, 3.05) is 10.6 Å². The molecule has 29 heavy (non-hydrogen) atoms. The number of hydrogen-bond donors (Lipinski definition) is 3. The van der Waals surface area contributed by atoms with Crippen molar-refractivity contribution in [3.8, 4) is 5.69 Å². The fourth-order valence-electron chi connectivity index (χ4n) is 2.64. The van der Waals surface area contributed by atoms with Gasteiger partial charge in [-0.05, 0) is 42.5 Å². The molecule has 0 fully saturated rings. The molecule has 0 spiro atoms. The van der Waals surface area contributed by atoms with Crippen LogP contribution in [-0.2, 0) is 5.41 Å². The second kappa shape index (κ2) is 7.97. The SMILES string of the molecule is CC(C)(C)c1cc(NC(=O)Nc2ccc(Cl)cc2)n(-c2cccc(C(N)=O)c2)n1. The summed E-state index contributed by atoms with van der Waals surface area (Å²) in [4.78, 5) is 24.1. The molecule has 0 unspecified atom stereocenters. The maximum Gasteiger partial charge on any atom is 0.324 e. The molecule has 3 amide bonds. The molecule has 3 rings (SSSR count). The van der Waals surface area contributed by atoms with E-state index in [9.17, 15) is 9.59 Å². The van der Waals surface area contributed by atoms with Gasteiger partial charge in [-0.25, -0.2) is 9.48 Å². The van der Waals surface area contributed by atoms with E-state index in [0.717, 1.165) is 5.69 Å². The van der Waals surface area contributed by atoms with Gasteiger partial charge in [0, 0.05) is 27.8 Å². The highest BCUT2D eigenvalue weighted by Gasteiger charge is 2.22. The lowest BCUT2D eigenvalue weighted by atomic mass is 9.92. The van der Waals surface area contributed by atoms with Crippen LogP contribution in [0.2, 0.25) is 5.02 Å². The third-order valence-corrected chi connectivity index (χ3v) is 4.45. The Bertz CT molecular complexity index is 1050. The van der Waals surface area contributed by atoms with Crippen LogP contribution in [-0.4, -0.2) is 21.7 Å².